The fourth-order valence-electron chi connectivity index (χ4n) is 3.43. The predicted molar refractivity (Wildman–Crippen MR) is 68.7 cm³/mol. The largest absolute Gasteiger partial charge is 0.432 e. The van der Waals surface area contributed by atoms with E-state index in [2.05, 4.69) is 15.3 Å². The summed E-state index contributed by atoms with van der Waals surface area (Å²) >= 11 is 0. The molecule has 0 radical (unpaired) electrons. The fourth-order valence-corrected chi connectivity index (χ4v) is 3.43. The molecule has 0 spiro atoms. The van der Waals surface area contributed by atoms with Crippen LogP contribution in [0.2, 0.25) is 0 Å². The third-order valence-electron chi connectivity index (χ3n) is 4.51. The van der Waals surface area contributed by atoms with E-state index < -0.39 is 17.8 Å². The van der Waals surface area contributed by atoms with Crippen molar-refractivity contribution in [3.63, 3.8) is 0 Å². The molecular weight excluding hydrogens is 285 g/mol. The first-order valence-electron chi connectivity index (χ1n) is 7.07. The standard InChI is InChI=1S/C13H17F3N4O/c14-13(15,16)10-7-9(18-19-10)11(21)17-8-12-3-1-5-20(12)6-2-4-12/h7H,1-6,8H2,(H,17,21)(H,18,19). The van der Waals surface area contributed by atoms with Crippen LogP contribution in [0, 0.1) is 0 Å². The number of carbonyl (C=O) groups excluding carboxylic acids is 1. The molecule has 0 aliphatic carbocycles. The molecule has 116 valence electrons. The number of rotatable bonds is 3. The molecule has 2 aliphatic heterocycles. The van der Waals surface area contributed by atoms with Crippen LogP contribution in [-0.2, 0) is 6.18 Å². The van der Waals surface area contributed by atoms with Crippen molar-refractivity contribution in [1.82, 2.24) is 20.4 Å². The number of hydrogen-bond acceptors (Lipinski definition) is 3. The van der Waals surface area contributed by atoms with Gasteiger partial charge in [-0.1, -0.05) is 0 Å². The van der Waals surface area contributed by atoms with E-state index in [4.69, 9.17) is 0 Å². The molecule has 8 heteroatoms. The average molecular weight is 302 g/mol. The zero-order valence-electron chi connectivity index (χ0n) is 11.5. The van der Waals surface area contributed by atoms with Crippen LogP contribution in [0.1, 0.15) is 41.9 Å². The zero-order chi connectivity index (χ0) is 15.1. The minimum atomic E-state index is -4.52. The van der Waals surface area contributed by atoms with Crippen molar-refractivity contribution in [3.8, 4) is 0 Å². The number of nitrogens with one attached hydrogen (secondary N) is 2. The lowest BCUT2D eigenvalue weighted by Gasteiger charge is -2.32. The smallest absolute Gasteiger partial charge is 0.349 e. The van der Waals surface area contributed by atoms with E-state index in [9.17, 15) is 18.0 Å². The maximum absolute atomic E-state index is 12.5. The minimum absolute atomic E-state index is 0.00117. The topological polar surface area (TPSA) is 61.0 Å². The number of alkyl halides is 3. The highest BCUT2D eigenvalue weighted by molar-refractivity contribution is 5.92. The summed E-state index contributed by atoms with van der Waals surface area (Å²) in [6.07, 6.45) is -0.242. The Morgan fingerprint density at radius 3 is 2.62 bits per heavy atom. The molecule has 3 rings (SSSR count). The van der Waals surface area contributed by atoms with Gasteiger partial charge >= 0.3 is 6.18 Å². The van der Waals surface area contributed by atoms with Crippen LogP contribution < -0.4 is 5.32 Å². The molecule has 1 aromatic rings. The summed E-state index contributed by atoms with van der Waals surface area (Å²) in [5.41, 5.74) is -1.23. The molecule has 1 amide bonds. The van der Waals surface area contributed by atoms with Crippen LogP contribution in [0.3, 0.4) is 0 Å². The Labute approximate surface area is 119 Å². The number of halogens is 3. The average Bonchev–Trinajstić information content (AvgIpc) is 3.09. The maximum Gasteiger partial charge on any atom is 0.432 e. The van der Waals surface area contributed by atoms with E-state index in [0.717, 1.165) is 44.8 Å². The van der Waals surface area contributed by atoms with Gasteiger partial charge in [0.2, 0.25) is 0 Å². The van der Waals surface area contributed by atoms with Crippen molar-refractivity contribution in [2.75, 3.05) is 19.6 Å². The van der Waals surface area contributed by atoms with Gasteiger partial charge in [0.15, 0.2) is 5.69 Å². The molecule has 2 aliphatic rings. The highest BCUT2D eigenvalue weighted by Crippen LogP contribution is 2.38. The molecular formula is C13H17F3N4O. The molecule has 2 fully saturated rings. The molecule has 0 atom stereocenters. The molecule has 0 unspecified atom stereocenters. The maximum atomic E-state index is 12.5. The Hall–Kier alpha value is -1.57. The second-order valence-corrected chi connectivity index (χ2v) is 5.77. The number of fused-ring (bicyclic) bond motifs is 1. The van der Waals surface area contributed by atoms with Crippen LogP contribution in [0.4, 0.5) is 13.2 Å². The Bertz CT molecular complexity index is 530. The van der Waals surface area contributed by atoms with Gasteiger partial charge in [-0.2, -0.15) is 18.3 Å². The highest BCUT2D eigenvalue weighted by Gasteiger charge is 2.44. The summed E-state index contributed by atoms with van der Waals surface area (Å²) in [6, 6.07) is 0.744. The molecule has 0 aromatic carbocycles. The van der Waals surface area contributed by atoms with Gasteiger partial charge in [-0.15, -0.1) is 0 Å². The van der Waals surface area contributed by atoms with E-state index in [1.54, 1.807) is 0 Å². The highest BCUT2D eigenvalue weighted by atomic mass is 19.4. The normalized spacial score (nSPS) is 21.5. The van der Waals surface area contributed by atoms with E-state index >= 15 is 0 Å². The SMILES string of the molecule is O=C(NCC12CCCN1CCC2)c1cc(C(F)(F)F)[nH]n1. The Kier molecular flexibility index (Phi) is 3.43. The van der Waals surface area contributed by atoms with Gasteiger partial charge in [0.05, 0.1) is 0 Å². The second-order valence-electron chi connectivity index (χ2n) is 5.77. The van der Waals surface area contributed by atoms with E-state index in [1.165, 1.54) is 0 Å². The first-order chi connectivity index (χ1) is 9.91. The first kappa shape index (κ1) is 14.4. The van der Waals surface area contributed by atoms with Gasteiger partial charge in [0, 0.05) is 18.2 Å². The third-order valence-corrected chi connectivity index (χ3v) is 4.51. The summed E-state index contributed by atoms with van der Waals surface area (Å²) in [4.78, 5) is 14.3. The van der Waals surface area contributed by atoms with Crippen molar-refractivity contribution in [2.45, 2.75) is 37.4 Å². The number of amides is 1. The third kappa shape index (κ3) is 2.64. The number of carbonyl (C=O) groups is 1. The van der Waals surface area contributed by atoms with Gasteiger partial charge < -0.3 is 5.32 Å². The molecule has 0 bridgehead atoms. The summed E-state index contributed by atoms with van der Waals surface area (Å²) < 4.78 is 37.4. The van der Waals surface area contributed by atoms with Gasteiger partial charge in [0.25, 0.3) is 5.91 Å². The van der Waals surface area contributed by atoms with Crippen LogP contribution >= 0.6 is 0 Å². The number of H-pyrrole nitrogens is 1. The van der Waals surface area contributed by atoms with Gasteiger partial charge in [-0.3, -0.25) is 14.8 Å². The summed E-state index contributed by atoms with van der Waals surface area (Å²) in [5, 5.41) is 8.03. The molecule has 1 aromatic heterocycles. The van der Waals surface area contributed by atoms with E-state index in [-0.39, 0.29) is 11.2 Å². The lowest BCUT2D eigenvalue weighted by Crippen LogP contribution is -2.48. The lowest BCUT2D eigenvalue weighted by atomic mass is 9.94. The summed E-state index contributed by atoms with van der Waals surface area (Å²) in [5.74, 6) is -0.560. The summed E-state index contributed by atoms with van der Waals surface area (Å²) in [7, 11) is 0. The lowest BCUT2D eigenvalue weighted by molar-refractivity contribution is -0.141. The monoisotopic (exact) mass is 302 g/mol. The number of hydrogen-bond donors (Lipinski definition) is 2. The molecule has 3 heterocycles. The first-order valence-corrected chi connectivity index (χ1v) is 7.07. The van der Waals surface area contributed by atoms with E-state index in [0.29, 0.717) is 6.54 Å². The van der Waals surface area contributed by atoms with Gasteiger partial charge in [-0.25, -0.2) is 0 Å². The molecule has 21 heavy (non-hydrogen) atoms. The number of aromatic amines is 1. The van der Waals surface area contributed by atoms with Crippen molar-refractivity contribution in [1.29, 1.82) is 0 Å². The van der Waals surface area contributed by atoms with Crippen molar-refractivity contribution < 1.29 is 18.0 Å². The van der Waals surface area contributed by atoms with Gasteiger partial charge in [-0.05, 0) is 38.8 Å². The minimum Gasteiger partial charge on any atom is -0.349 e. The molecule has 2 saturated heterocycles. The van der Waals surface area contributed by atoms with Crippen LogP contribution in [0.25, 0.3) is 0 Å². The Morgan fingerprint density at radius 1 is 1.38 bits per heavy atom. The molecule has 2 N–H and O–H groups in total. The van der Waals surface area contributed by atoms with Crippen LogP contribution in [0.15, 0.2) is 6.07 Å². The van der Waals surface area contributed by atoms with Crippen LogP contribution in [0.5, 0.6) is 0 Å². The second kappa shape index (κ2) is 5.01. The van der Waals surface area contributed by atoms with Crippen molar-refractivity contribution in [2.24, 2.45) is 0 Å². The van der Waals surface area contributed by atoms with Crippen molar-refractivity contribution in [3.05, 3.63) is 17.5 Å². The quantitative estimate of drug-likeness (QED) is 0.895. The fraction of sp³-hybridized carbons (Fsp3) is 0.692. The predicted octanol–water partition coefficient (Wildman–Crippen LogP) is 1.79. The Balaban J connectivity index is 1.63. The van der Waals surface area contributed by atoms with Gasteiger partial charge in [0.1, 0.15) is 5.69 Å². The van der Waals surface area contributed by atoms with Crippen LogP contribution in [-0.4, -0.2) is 46.2 Å². The summed E-state index contributed by atoms with van der Waals surface area (Å²) in [6.45, 7) is 2.55. The molecule has 0 saturated carbocycles. The van der Waals surface area contributed by atoms with Crippen molar-refractivity contribution >= 4 is 5.91 Å². The molecule has 5 nitrogen and oxygen atoms in total. The Morgan fingerprint density at radius 2 is 2.05 bits per heavy atom. The van der Waals surface area contributed by atoms with E-state index in [1.807, 2.05) is 5.10 Å². The number of nitrogens with zero attached hydrogens (tertiary/aromatic N) is 2. The zero-order valence-corrected chi connectivity index (χ0v) is 11.5. The number of aromatic nitrogens is 2.